The number of pyridine rings is 1. The van der Waals surface area contributed by atoms with Gasteiger partial charge < -0.3 is 10.5 Å². The largest absolute Gasteiger partial charge is 0.490 e. The maximum atomic E-state index is 11.9. The van der Waals surface area contributed by atoms with Crippen molar-refractivity contribution in [3.63, 3.8) is 0 Å². The summed E-state index contributed by atoms with van der Waals surface area (Å²) in [6.07, 6.45) is 0. The van der Waals surface area contributed by atoms with Gasteiger partial charge in [-0.25, -0.2) is 13.4 Å². The van der Waals surface area contributed by atoms with Crippen LogP contribution in [0.4, 0.5) is 11.5 Å². The van der Waals surface area contributed by atoms with Gasteiger partial charge in [0.15, 0.2) is 0 Å². The first-order valence-electron chi connectivity index (χ1n) is 6.38. The smallest absolute Gasteiger partial charge is 0.237 e. The molecule has 0 spiro atoms. The van der Waals surface area contributed by atoms with Crippen molar-refractivity contribution < 1.29 is 13.2 Å². The van der Waals surface area contributed by atoms with Gasteiger partial charge in [0.05, 0.1) is 5.69 Å². The van der Waals surface area contributed by atoms with Crippen LogP contribution >= 0.6 is 0 Å². The Balaban J connectivity index is 1.91. The molecule has 7 heteroatoms. The highest BCUT2D eigenvalue weighted by atomic mass is 32.2. The van der Waals surface area contributed by atoms with Crippen LogP contribution in [0.1, 0.15) is 5.69 Å². The van der Waals surface area contributed by atoms with E-state index in [2.05, 4.69) is 9.71 Å². The zero-order valence-corrected chi connectivity index (χ0v) is 12.4. The predicted octanol–water partition coefficient (Wildman–Crippen LogP) is 1.79. The standard InChI is InChI=1S/C14H17N3O3S/c1-11-5-4-8-14(16-11)17-21(18,19)10-9-20-13-7-3-2-6-12(13)15/h2-8H,9-10,15H2,1H3,(H,16,17). The first-order valence-corrected chi connectivity index (χ1v) is 8.03. The molecule has 2 aromatic rings. The molecule has 1 aromatic heterocycles. The molecule has 0 saturated heterocycles. The molecule has 0 aliphatic heterocycles. The Labute approximate surface area is 124 Å². The lowest BCUT2D eigenvalue weighted by Gasteiger charge is -2.10. The number of sulfonamides is 1. The lowest BCUT2D eigenvalue weighted by Crippen LogP contribution is -2.22. The van der Waals surface area contributed by atoms with Gasteiger partial charge in [-0.05, 0) is 31.2 Å². The molecule has 1 heterocycles. The van der Waals surface area contributed by atoms with Crippen molar-refractivity contribution >= 4 is 21.5 Å². The number of aromatic nitrogens is 1. The average Bonchev–Trinajstić information content (AvgIpc) is 2.40. The highest BCUT2D eigenvalue weighted by molar-refractivity contribution is 7.92. The molecule has 2 rings (SSSR count). The molecule has 0 saturated carbocycles. The van der Waals surface area contributed by atoms with Gasteiger partial charge in [0.25, 0.3) is 0 Å². The molecule has 0 aliphatic carbocycles. The van der Waals surface area contributed by atoms with Gasteiger partial charge in [-0.2, -0.15) is 0 Å². The molecule has 1 aromatic carbocycles. The van der Waals surface area contributed by atoms with Crippen LogP contribution in [0.15, 0.2) is 42.5 Å². The lowest BCUT2D eigenvalue weighted by atomic mass is 10.3. The summed E-state index contributed by atoms with van der Waals surface area (Å²) < 4.78 is 31.6. The number of ether oxygens (including phenoxy) is 1. The quantitative estimate of drug-likeness (QED) is 0.793. The summed E-state index contributed by atoms with van der Waals surface area (Å²) in [5.74, 6) is 0.590. The van der Waals surface area contributed by atoms with Gasteiger partial charge in [-0.1, -0.05) is 18.2 Å². The number of nitrogens with one attached hydrogen (secondary N) is 1. The molecule has 21 heavy (non-hydrogen) atoms. The number of benzene rings is 1. The first-order chi connectivity index (χ1) is 9.96. The van der Waals surface area contributed by atoms with Crippen molar-refractivity contribution in [3.05, 3.63) is 48.2 Å². The van der Waals surface area contributed by atoms with Crippen molar-refractivity contribution in [2.24, 2.45) is 0 Å². The van der Waals surface area contributed by atoms with Gasteiger partial charge in [-0.3, -0.25) is 4.72 Å². The molecule has 0 aliphatic rings. The number of nitrogens with zero attached hydrogens (tertiary/aromatic N) is 1. The summed E-state index contributed by atoms with van der Waals surface area (Å²) in [5, 5.41) is 0. The summed E-state index contributed by atoms with van der Waals surface area (Å²) in [6, 6.07) is 12.1. The highest BCUT2D eigenvalue weighted by Gasteiger charge is 2.12. The minimum absolute atomic E-state index is 0.00929. The van der Waals surface area contributed by atoms with Gasteiger partial charge in [0.1, 0.15) is 23.9 Å². The topological polar surface area (TPSA) is 94.3 Å². The van der Waals surface area contributed by atoms with Crippen molar-refractivity contribution in [2.75, 3.05) is 22.8 Å². The normalized spacial score (nSPS) is 11.1. The molecule has 0 bridgehead atoms. The van der Waals surface area contributed by atoms with E-state index in [4.69, 9.17) is 10.5 Å². The molecule has 3 N–H and O–H groups in total. The molecule has 6 nitrogen and oxygen atoms in total. The Bertz CT molecular complexity index is 717. The van der Waals surface area contributed by atoms with E-state index in [0.29, 0.717) is 17.3 Å². The second kappa shape index (κ2) is 6.45. The summed E-state index contributed by atoms with van der Waals surface area (Å²) in [4.78, 5) is 4.09. The zero-order valence-electron chi connectivity index (χ0n) is 11.6. The predicted molar refractivity (Wildman–Crippen MR) is 82.7 cm³/mol. The lowest BCUT2D eigenvalue weighted by molar-refractivity contribution is 0.343. The number of nitrogen functional groups attached to an aromatic ring is 1. The summed E-state index contributed by atoms with van der Waals surface area (Å²) in [7, 11) is -3.51. The molecule has 0 atom stereocenters. The molecule has 0 radical (unpaired) electrons. The molecule has 0 unspecified atom stereocenters. The van der Waals surface area contributed by atoms with Crippen LogP contribution in [0.5, 0.6) is 5.75 Å². The minimum atomic E-state index is -3.51. The number of hydrogen-bond acceptors (Lipinski definition) is 5. The number of anilines is 2. The Morgan fingerprint density at radius 2 is 1.95 bits per heavy atom. The molecular weight excluding hydrogens is 290 g/mol. The second-order valence-electron chi connectivity index (χ2n) is 4.47. The highest BCUT2D eigenvalue weighted by Crippen LogP contribution is 2.19. The van der Waals surface area contributed by atoms with Crippen LogP contribution in [0.2, 0.25) is 0 Å². The number of hydrogen-bond donors (Lipinski definition) is 2. The van der Waals surface area contributed by atoms with Gasteiger partial charge in [0, 0.05) is 5.69 Å². The van der Waals surface area contributed by atoms with Crippen LogP contribution in [-0.2, 0) is 10.0 Å². The van der Waals surface area contributed by atoms with Crippen LogP contribution < -0.4 is 15.2 Å². The maximum absolute atomic E-state index is 11.9. The van der Waals surface area contributed by atoms with E-state index in [1.165, 1.54) is 0 Å². The SMILES string of the molecule is Cc1cccc(NS(=O)(=O)CCOc2ccccc2N)n1. The third-order valence-corrected chi connectivity index (χ3v) is 3.90. The van der Waals surface area contributed by atoms with Gasteiger partial charge in [-0.15, -0.1) is 0 Å². The van der Waals surface area contributed by atoms with E-state index in [1.54, 1.807) is 49.4 Å². The summed E-state index contributed by atoms with van der Waals surface area (Å²) >= 11 is 0. The number of aryl methyl sites for hydroxylation is 1. The third-order valence-electron chi connectivity index (χ3n) is 2.68. The summed E-state index contributed by atoms with van der Waals surface area (Å²) in [6.45, 7) is 1.80. The number of para-hydroxylation sites is 2. The van der Waals surface area contributed by atoms with Crippen LogP contribution in [0, 0.1) is 6.92 Å². The Morgan fingerprint density at radius 1 is 1.19 bits per heavy atom. The molecule has 112 valence electrons. The van der Waals surface area contributed by atoms with E-state index >= 15 is 0 Å². The Kier molecular flexibility index (Phi) is 4.64. The minimum Gasteiger partial charge on any atom is -0.490 e. The van der Waals surface area contributed by atoms with E-state index in [1.807, 2.05) is 0 Å². The summed E-state index contributed by atoms with van der Waals surface area (Å²) in [5.41, 5.74) is 6.93. The maximum Gasteiger partial charge on any atom is 0.237 e. The van der Waals surface area contributed by atoms with Crippen LogP contribution in [0.25, 0.3) is 0 Å². The van der Waals surface area contributed by atoms with E-state index in [-0.39, 0.29) is 12.4 Å². The average molecular weight is 307 g/mol. The number of rotatable bonds is 6. The third kappa shape index (κ3) is 4.64. The van der Waals surface area contributed by atoms with Crippen molar-refractivity contribution in [3.8, 4) is 5.75 Å². The first kappa shape index (κ1) is 15.1. The molecule has 0 fully saturated rings. The molecular formula is C14H17N3O3S. The van der Waals surface area contributed by atoms with Crippen LogP contribution in [0.3, 0.4) is 0 Å². The fourth-order valence-corrected chi connectivity index (χ4v) is 2.52. The van der Waals surface area contributed by atoms with Gasteiger partial charge in [0.2, 0.25) is 10.0 Å². The fraction of sp³-hybridized carbons (Fsp3) is 0.214. The van der Waals surface area contributed by atoms with E-state index in [9.17, 15) is 8.42 Å². The Morgan fingerprint density at radius 3 is 2.67 bits per heavy atom. The zero-order chi connectivity index (χ0) is 15.3. The van der Waals surface area contributed by atoms with Crippen molar-refractivity contribution in [1.29, 1.82) is 0 Å². The Hall–Kier alpha value is -2.28. The fourth-order valence-electron chi connectivity index (χ4n) is 1.68. The van der Waals surface area contributed by atoms with Crippen LogP contribution in [-0.4, -0.2) is 25.8 Å². The monoisotopic (exact) mass is 307 g/mol. The van der Waals surface area contributed by atoms with Gasteiger partial charge >= 0.3 is 0 Å². The van der Waals surface area contributed by atoms with E-state index in [0.717, 1.165) is 5.69 Å². The van der Waals surface area contributed by atoms with E-state index < -0.39 is 10.0 Å². The molecule has 0 amide bonds. The van der Waals surface area contributed by atoms with Crippen molar-refractivity contribution in [2.45, 2.75) is 6.92 Å². The number of nitrogens with two attached hydrogens (primary N) is 1. The van der Waals surface area contributed by atoms with Crippen molar-refractivity contribution in [1.82, 2.24) is 4.98 Å². The second-order valence-corrected chi connectivity index (χ2v) is 6.31.